The lowest BCUT2D eigenvalue weighted by Gasteiger charge is -2.04. The second kappa shape index (κ2) is 2.95. The van der Waals surface area contributed by atoms with Gasteiger partial charge in [-0.3, -0.25) is 0 Å². The van der Waals surface area contributed by atoms with E-state index in [-0.39, 0.29) is 17.5 Å². The molecule has 1 fully saturated rings. The SMILES string of the molecule is NC1CC1c1cc(F)c(F)c(F)c1F. The summed E-state index contributed by atoms with van der Waals surface area (Å²) >= 11 is 0. The third-order valence-corrected chi connectivity index (χ3v) is 2.37. The fourth-order valence-corrected chi connectivity index (χ4v) is 1.43. The van der Waals surface area contributed by atoms with Gasteiger partial charge in [-0.05, 0) is 18.1 Å². The van der Waals surface area contributed by atoms with Gasteiger partial charge in [-0.25, -0.2) is 17.6 Å². The Morgan fingerprint density at radius 2 is 1.64 bits per heavy atom. The third-order valence-electron chi connectivity index (χ3n) is 2.37. The van der Waals surface area contributed by atoms with E-state index in [0.29, 0.717) is 12.5 Å². The second-order valence-corrected chi connectivity index (χ2v) is 3.40. The van der Waals surface area contributed by atoms with Gasteiger partial charge >= 0.3 is 0 Å². The van der Waals surface area contributed by atoms with E-state index in [4.69, 9.17) is 5.73 Å². The fourth-order valence-electron chi connectivity index (χ4n) is 1.43. The van der Waals surface area contributed by atoms with Gasteiger partial charge in [0.05, 0.1) is 0 Å². The first kappa shape index (κ1) is 9.45. The summed E-state index contributed by atoms with van der Waals surface area (Å²) in [5.74, 6) is -6.64. The zero-order valence-corrected chi connectivity index (χ0v) is 7.03. The Morgan fingerprint density at radius 3 is 2.14 bits per heavy atom. The van der Waals surface area contributed by atoms with E-state index >= 15 is 0 Å². The first-order valence-corrected chi connectivity index (χ1v) is 4.11. The van der Waals surface area contributed by atoms with Crippen molar-refractivity contribution in [1.29, 1.82) is 0 Å². The molecule has 2 atom stereocenters. The summed E-state index contributed by atoms with van der Waals surface area (Å²) in [5, 5.41) is 0. The Balaban J connectivity index is 2.51. The summed E-state index contributed by atoms with van der Waals surface area (Å²) in [4.78, 5) is 0. The highest BCUT2D eigenvalue weighted by atomic mass is 19.2. The summed E-state index contributed by atoms with van der Waals surface area (Å²) in [7, 11) is 0. The molecule has 1 nitrogen and oxygen atoms in total. The molecular weight excluding hydrogens is 198 g/mol. The summed E-state index contributed by atoms with van der Waals surface area (Å²) < 4.78 is 51.0. The molecule has 5 heteroatoms. The maximum absolute atomic E-state index is 13.1. The van der Waals surface area contributed by atoms with Crippen LogP contribution in [-0.4, -0.2) is 6.04 Å². The van der Waals surface area contributed by atoms with E-state index < -0.39 is 23.3 Å². The maximum atomic E-state index is 13.1. The molecule has 0 saturated heterocycles. The molecule has 1 saturated carbocycles. The highest BCUT2D eigenvalue weighted by Gasteiger charge is 2.38. The van der Waals surface area contributed by atoms with Gasteiger partial charge in [0, 0.05) is 12.0 Å². The minimum absolute atomic E-state index is 0.172. The lowest BCUT2D eigenvalue weighted by molar-refractivity contribution is 0.403. The first-order valence-electron chi connectivity index (χ1n) is 4.11. The van der Waals surface area contributed by atoms with Crippen LogP contribution in [0.5, 0.6) is 0 Å². The second-order valence-electron chi connectivity index (χ2n) is 3.40. The Kier molecular flexibility index (Phi) is 1.99. The minimum Gasteiger partial charge on any atom is -0.327 e. The van der Waals surface area contributed by atoms with Crippen LogP contribution >= 0.6 is 0 Å². The zero-order chi connectivity index (χ0) is 10.5. The van der Waals surface area contributed by atoms with E-state index in [9.17, 15) is 17.6 Å². The van der Waals surface area contributed by atoms with Gasteiger partial charge in [0.15, 0.2) is 23.3 Å². The lowest BCUT2D eigenvalue weighted by Crippen LogP contribution is -2.05. The monoisotopic (exact) mass is 205 g/mol. The van der Waals surface area contributed by atoms with Crippen molar-refractivity contribution in [3.05, 3.63) is 34.9 Å². The van der Waals surface area contributed by atoms with E-state index in [1.54, 1.807) is 0 Å². The molecule has 2 unspecified atom stereocenters. The predicted molar refractivity (Wildman–Crippen MR) is 41.6 cm³/mol. The molecule has 2 N–H and O–H groups in total. The van der Waals surface area contributed by atoms with Gasteiger partial charge in [0.25, 0.3) is 0 Å². The van der Waals surface area contributed by atoms with Crippen molar-refractivity contribution in [2.75, 3.05) is 0 Å². The van der Waals surface area contributed by atoms with Crippen molar-refractivity contribution in [3.8, 4) is 0 Å². The normalized spacial score (nSPS) is 25.2. The summed E-state index contributed by atoms with van der Waals surface area (Å²) in [6.07, 6.45) is 0.474. The average molecular weight is 205 g/mol. The van der Waals surface area contributed by atoms with Gasteiger partial charge in [-0.1, -0.05) is 0 Å². The predicted octanol–water partition coefficient (Wildman–Crippen LogP) is 2.06. The van der Waals surface area contributed by atoms with Crippen molar-refractivity contribution >= 4 is 0 Å². The number of rotatable bonds is 1. The number of nitrogens with two attached hydrogens (primary N) is 1. The maximum Gasteiger partial charge on any atom is 0.197 e. The minimum atomic E-state index is -1.78. The van der Waals surface area contributed by atoms with E-state index in [2.05, 4.69) is 0 Å². The van der Waals surface area contributed by atoms with E-state index in [1.807, 2.05) is 0 Å². The van der Waals surface area contributed by atoms with Gasteiger partial charge < -0.3 is 5.73 Å². The molecule has 2 rings (SSSR count). The zero-order valence-electron chi connectivity index (χ0n) is 7.03. The van der Waals surface area contributed by atoms with Crippen LogP contribution in [-0.2, 0) is 0 Å². The van der Waals surface area contributed by atoms with Crippen LogP contribution in [0.4, 0.5) is 17.6 Å². The molecule has 0 radical (unpaired) electrons. The Labute approximate surface area is 77.5 Å². The molecule has 0 aliphatic heterocycles. The number of benzene rings is 1. The average Bonchev–Trinajstić information content (AvgIpc) is 2.85. The van der Waals surface area contributed by atoms with Crippen LogP contribution in [0.1, 0.15) is 17.9 Å². The molecule has 0 amide bonds. The lowest BCUT2D eigenvalue weighted by atomic mass is 10.1. The molecule has 1 aromatic rings. The third kappa shape index (κ3) is 1.28. The highest BCUT2D eigenvalue weighted by Crippen LogP contribution is 2.41. The van der Waals surface area contributed by atoms with Crippen LogP contribution in [0.3, 0.4) is 0 Å². The van der Waals surface area contributed by atoms with Gasteiger partial charge in [0.2, 0.25) is 0 Å². The van der Waals surface area contributed by atoms with Gasteiger partial charge in [0.1, 0.15) is 0 Å². The van der Waals surface area contributed by atoms with E-state index in [0.717, 1.165) is 0 Å². The topological polar surface area (TPSA) is 26.0 Å². The molecule has 1 aliphatic carbocycles. The summed E-state index contributed by atoms with van der Waals surface area (Å²) in [6, 6.07) is 0.388. The molecule has 0 bridgehead atoms. The van der Waals surface area contributed by atoms with E-state index in [1.165, 1.54) is 0 Å². The van der Waals surface area contributed by atoms with Crippen LogP contribution in [0.2, 0.25) is 0 Å². The van der Waals surface area contributed by atoms with Crippen LogP contribution in [0.15, 0.2) is 6.07 Å². The van der Waals surface area contributed by atoms with Crippen LogP contribution < -0.4 is 5.73 Å². The highest BCUT2D eigenvalue weighted by molar-refractivity contribution is 5.31. The van der Waals surface area contributed by atoms with Gasteiger partial charge in [-0.2, -0.15) is 0 Å². The molecule has 14 heavy (non-hydrogen) atoms. The van der Waals surface area contributed by atoms with Crippen molar-refractivity contribution in [1.82, 2.24) is 0 Å². The molecule has 0 spiro atoms. The molecule has 0 aromatic heterocycles. The number of hydrogen-bond acceptors (Lipinski definition) is 1. The van der Waals surface area contributed by atoms with Crippen molar-refractivity contribution in [3.63, 3.8) is 0 Å². The van der Waals surface area contributed by atoms with Crippen molar-refractivity contribution < 1.29 is 17.6 Å². The molecular formula is C9H7F4N. The molecule has 0 heterocycles. The van der Waals surface area contributed by atoms with Crippen LogP contribution in [0.25, 0.3) is 0 Å². The van der Waals surface area contributed by atoms with Gasteiger partial charge in [-0.15, -0.1) is 0 Å². The Hall–Kier alpha value is -1.10. The van der Waals surface area contributed by atoms with Crippen molar-refractivity contribution in [2.45, 2.75) is 18.4 Å². The number of halogens is 4. The number of hydrogen-bond donors (Lipinski definition) is 1. The molecule has 1 aromatic carbocycles. The fraction of sp³-hybridized carbons (Fsp3) is 0.333. The Bertz CT molecular complexity index is 391. The smallest absolute Gasteiger partial charge is 0.197 e. The van der Waals surface area contributed by atoms with Crippen molar-refractivity contribution in [2.24, 2.45) is 5.73 Å². The molecule has 76 valence electrons. The Morgan fingerprint density at radius 1 is 1.07 bits per heavy atom. The summed E-state index contributed by atoms with van der Waals surface area (Å²) in [6.45, 7) is 0. The standard InChI is InChI=1S/C9H7F4N/c10-5-1-4(3-2-6(3)14)7(11)9(13)8(5)12/h1,3,6H,2,14H2. The first-order chi connectivity index (χ1) is 6.52. The largest absolute Gasteiger partial charge is 0.327 e. The quantitative estimate of drug-likeness (QED) is 0.424. The van der Waals surface area contributed by atoms with Crippen LogP contribution in [0, 0.1) is 23.3 Å². The summed E-state index contributed by atoms with van der Waals surface area (Å²) in [5.41, 5.74) is 5.23. The molecule has 1 aliphatic rings.